The van der Waals surface area contributed by atoms with Gasteiger partial charge in [-0.1, -0.05) is 30.3 Å². The predicted molar refractivity (Wildman–Crippen MR) is 122 cm³/mol. The SMILES string of the molecule is CN1CC(NC(=O)N2CCC(N)=C(C(=N)c3ccncc3)C2)CC(c2ccccc2)C1. The van der Waals surface area contributed by atoms with Crippen LogP contribution in [0.3, 0.4) is 0 Å². The lowest BCUT2D eigenvalue weighted by atomic mass is 9.88. The number of nitrogens with zero attached hydrogens (tertiary/aromatic N) is 3. The number of pyridine rings is 1. The van der Waals surface area contributed by atoms with Crippen LogP contribution >= 0.6 is 0 Å². The van der Waals surface area contributed by atoms with Gasteiger partial charge in [0.1, 0.15) is 0 Å². The lowest BCUT2D eigenvalue weighted by Crippen LogP contribution is -2.53. The second kappa shape index (κ2) is 9.31. The number of aromatic nitrogens is 1. The summed E-state index contributed by atoms with van der Waals surface area (Å²) in [5, 5.41) is 11.8. The summed E-state index contributed by atoms with van der Waals surface area (Å²) in [5.74, 6) is 0.401. The maximum atomic E-state index is 13.1. The van der Waals surface area contributed by atoms with E-state index in [2.05, 4.69) is 46.5 Å². The molecule has 1 fully saturated rings. The number of nitrogens with two attached hydrogens (primary N) is 1. The third-order valence-electron chi connectivity index (χ3n) is 6.18. The molecule has 2 atom stereocenters. The number of likely N-dealkylation sites (tertiary alicyclic amines) is 1. The third kappa shape index (κ3) is 4.94. The van der Waals surface area contributed by atoms with Crippen LogP contribution < -0.4 is 11.1 Å². The van der Waals surface area contributed by atoms with E-state index < -0.39 is 0 Å². The van der Waals surface area contributed by atoms with Crippen molar-refractivity contribution in [3.8, 4) is 0 Å². The van der Waals surface area contributed by atoms with E-state index in [0.29, 0.717) is 36.8 Å². The minimum Gasteiger partial charge on any atom is -0.402 e. The van der Waals surface area contributed by atoms with Gasteiger partial charge in [-0.3, -0.25) is 10.4 Å². The Balaban J connectivity index is 1.41. The minimum absolute atomic E-state index is 0.0837. The van der Waals surface area contributed by atoms with Gasteiger partial charge in [0.2, 0.25) is 0 Å². The summed E-state index contributed by atoms with van der Waals surface area (Å²) < 4.78 is 0. The zero-order valence-electron chi connectivity index (χ0n) is 17.9. The smallest absolute Gasteiger partial charge is 0.317 e. The molecule has 7 nitrogen and oxygen atoms in total. The fraction of sp³-hybridized carbons (Fsp3) is 0.375. The fourth-order valence-corrected chi connectivity index (χ4v) is 4.54. The van der Waals surface area contributed by atoms with Gasteiger partial charge >= 0.3 is 6.03 Å². The Morgan fingerprint density at radius 3 is 2.65 bits per heavy atom. The number of likely N-dealkylation sites (N-methyl/N-ethyl adjacent to an activating group) is 1. The van der Waals surface area contributed by atoms with E-state index in [1.165, 1.54) is 5.56 Å². The normalized spacial score (nSPS) is 22.3. The molecule has 1 aromatic heterocycles. The molecule has 4 N–H and O–H groups in total. The standard InChI is InChI=1S/C24H30N6O/c1-29-14-19(17-5-3-2-4-6-17)13-20(15-29)28-24(31)30-12-9-22(25)21(16-30)23(26)18-7-10-27-11-8-18/h2-8,10-11,19-20,26H,9,12-16,25H2,1H3,(H,28,31). The van der Waals surface area contributed by atoms with Crippen molar-refractivity contribution < 1.29 is 4.79 Å². The van der Waals surface area contributed by atoms with Crippen LogP contribution in [0.4, 0.5) is 4.79 Å². The Hall–Kier alpha value is -3.19. The van der Waals surface area contributed by atoms with Crippen molar-refractivity contribution in [2.45, 2.75) is 24.8 Å². The lowest BCUT2D eigenvalue weighted by Gasteiger charge is -2.38. The summed E-state index contributed by atoms with van der Waals surface area (Å²) in [6.45, 7) is 2.74. The zero-order chi connectivity index (χ0) is 21.8. The highest BCUT2D eigenvalue weighted by Crippen LogP contribution is 2.26. The quantitative estimate of drug-likeness (QED) is 0.665. The number of benzene rings is 1. The molecular formula is C24H30N6O. The van der Waals surface area contributed by atoms with Crippen molar-refractivity contribution in [3.63, 3.8) is 0 Å². The molecule has 0 spiro atoms. The fourth-order valence-electron chi connectivity index (χ4n) is 4.54. The zero-order valence-corrected chi connectivity index (χ0v) is 17.9. The summed E-state index contributed by atoms with van der Waals surface area (Å²) in [6.07, 6.45) is 4.83. The van der Waals surface area contributed by atoms with Crippen molar-refractivity contribution in [1.82, 2.24) is 20.1 Å². The van der Waals surface area contributed by atoms with E-state index in [9.17, 15) is 4.79 Å². The molecular weight excluding hydrogens is 388 g/mol. The number of urea groups is 1. The topological polar surface area (TPSA) is 98.3 Å². The van der Waals surface area contributed by atoms with Gasteiger partial charge in [0.25, 0.3) is 0 Å². The van der Waals surface area contributed by atoms with E-state index in [-0.39, 0.29) is 12.1 Å². The predicted octanol–water partition coefficient (Wildman–Crippen LogP) is 2.57. The van der Waals surface area contributed by atoms with E-state index in [4.69, 9.17) is 11.1 Å². The van der Waals surface area contributed by atoms with Crippen LogP contribution in [0, 0.1) is 5.41 Å². The van der Waals surface area contributed by atoms with E-state index in [1.807, 2.05) is 6.07 Å². The van der Waals surface area contributed by atoms with Gasteiger partial charge in [-0.15, -0.1) is 0 Å². The molecule has 2 unspecified atom stereocenters. The summed E-state index contributed by atoms with van der Waals surface area (Å²) in [5.41, 5.74) is 10.1. The maximum Gasteiger partial charge on any atom is 0.317 e. The molecule has 0 radical (unpaired) electrons. The second-order valence-corrected chi connectivity index (χ2v) is 8.50. The molecule has 3 heterocycles. The number of piperidine rings is 1. The Bertz CT molecular complexity index is 959. The molecule has 2 aliphatic heterocycles. The van der Waals surface area contributed by atoms with Gasteiger partial charge in [-0.25, -0.2) is 4.79 Å². The second-order valence-electron chi connectivity index (χ2n) is 8.50. The van der Waals surface area contributed by atoms with Gasteiger partial charge in [0.05, 0.1) is 12.3 Å². The van der Waals surface area contributed by atoms with Gasteiger partial charge < -0.3 is 20.9 Å². The summed E-state index contributed by atoms with van der Waals surface area (Å²) >= 11 is 0. The van der Waals surface area contributed by atoms with Crippen molar-refractivity contribution >= 4 is 11.7 Å². The van der Waals surface area contributed by atoms with Crippen LogP contribution in [0.15, 0.2) is 66.1 Å². The van der Waals surface area contributed by atoms with E-state index >= 15 is 0 Å². The first-order valence-corrected chi connectivity index (χ1v) is 10.8. The van der Waals surface area contributed by atoms with Crippen LogP contribution in [0.5, 0.6) is 0 Å². The first-order chi connectivity index (χ1) is 15.0. The number of hydrogen-bond donors (Lipinski definition) is 3. The van der Waals surface area contributed by atoms with Gasteiger partial charge in [0.15, 0.2) is 0 Å². The molecule has 7 heteroatoms. The highest BCUT2D eigenvalue weighted by Gasteiger charge is 2.30. The van der Waals surface area contributed by atoms with Crippen LogP contribution in [0.2, 0.25) is 0 Å². The van der Waals surface area contributed by atoms with Crippen molar-refractivity contribution in [3.05, 3.63) is 77.3 Å². The number of carbonyl (C=O) groups is 1. The summed E-state index contributed by atoms with van der Waals surface area (Å²) in [6, 6.07) is 14.1. The van der Waals surface area contributed by atoms with Crippen LogP contribution in [-0.2, 0) is 0 Å². The monoisotopic (exact) mass is 418 g/mol. The molecule has 0 aliphatic carbocycles. The van der Waals surface area contributed by atoms with Gasteiger partial charge in [-0.2, -0.15) is 0 Å². The molecule has 1 aromatic carbocycles. The van der Waals surface area contributed by atoms with E-state index in [0.717, 1.165) is 30.6 Å². The Morgan fingerprint density at radius 1 is 1.16 bits per heavy atom. The lowest BCUT2D eigenvalue weighted by molar-refractivity contribution is 0.173. The first kappa shape index (κ1) is 21.1. The average Bonchev–Trinajstić information content (AvgIpc) is 2.79. The Morgan fingerprint density at radius 2 is 1.90 bits per heavy atom. The average molecular weight is 419 g/mol. The molecule has 31 heavy (non-hydrogen) atoms. The highest BCUT2D eigenvalue weighted by molar-refractivity contribution is 6.11. The molecule has 4 rings (SSSR count). The Labute approximate surface area is 183 Å². The van der Waals surface area contributed by atoms with Crippen molar-refractivity contribution in [1.29, 1.82) is 5.41 Å². The number of carbonyl (C=O) groups excluding carboxylic acids is 1. The number of nitrogens with one attached hydrogen (secondary N) is 2. The van der Waals surface area contributed by atoms with Crippen LogP contribution in [0.1, 0.15) is 29.9 Å². The molecule has 2 aromatic rings. The molecule has 2 aliphatic rings. The molecule has 0 bridgehead atoms. The highest BCUT2D eigenvalue weighted by atomic mass is 16.2. The maximum absolute atomic E-state index is 13.1. The van der Waals surface area contributed by atoms with Crippen LogP contribution in [-0.4, -0.2) is 65.8 Å². The van der Waals surface area contributed by atoms with Gasteiger partial charge in [-0.05, 0) is 37.1 Å². The van der Waals surface area contributed by atoms with Crippen LogP contribution in [0.25, 0.3) is 0 Å². The number of amides is 2. The minimum atomic E-state index is -0.0837. The summed E-state index contributed by atoms with van der Waals surface area (Å²) in [7, 11) is 2.10. The first-order valence-electron chi connectivity index (χ1n) is 10.8. The van der Waals surface area contributed by atoms with Crippen molar-refractivity contribution in [2.75, 3.05) is 33.2 Å². The van der Waals surface area contributed by atoms with E-state index in [1.54, 1.807) is 29.4 Å². The molecule has 1 saturated heterocycles. The van der Waals surface area contributed by atoms with Crippen molar-refractivity contribution in [2.24, 2.45) is 5.73 Å². The number of rotatable bonds is 4. The van der Waals surface area contributed by atoms with Gasteiger partial charge in [0, 0.05) is 61.3 Å². The summed E-state index contributed by atoms with van der Waals surface area (Å²) in [4.78, 5) is 21.1. The number of hydrogen-bond acceptors (Lipinski definition) is 5. The Kier molecular flexibility index (Phi) is 6.32. The largest absolute Gasteiger partial charge is 0.402 e. The third-order valence-corrected chi connectivity index (χ3v) is 6.18. The molecule has 162 valence electrons. The molecule has 0 saturated carbocycles. The molecule has 2 amide bonds.